The molecule has 0 aromatic carbocycles. The van der Waals surface area contributed by atoms with Crippen LogP contribution in [0.1, 0.15) is 11.7 Å². The van der Waals surface area contributed by atoms with Gasteiger partial charge in [-0.1, -0.05) is 5.16 Å². The van der Waals surface area contributed by atoms with Gasteiger partial charge in [0.15, 0.2) is 5.82 Å². The lowest BCUT2D eigenvalue weighted by Gasteiger charge is -2.10. The molecule has 0 atom stereocenters. The van der Waals surface area contributed by atoms with Crippen LogP contribution in [0.15, 0.2) is 4.52 Å². The van der Waals surface area contributed by atoms with Gasteiger partial charge >= 0.3 is 0 Å². The van der Waals surface area contributed by atoms with E-state index in [4.69, 9.17) is 9.63 Å². The first-order chi connectivity index (χ1) is 5.72. The van der Waals surface area contributed by atoms with E-state index >= 15 is 0 Å². The predicted molar refractivity (Wildman–Crippen MR) is 42.5 cm³/mol. The molecular weight excluding hydrogens is 158 g/mol. The maximum atomic E-state index is 8.61. The third kappa shape index (κ3) is 2.60. The molecule has 1 rings (SSSR count). The molecule has 0 saturated carbocycles. The molecule has 0 fully saturated rings. The van der Waals surface area contributed by atoms with Crippen molar-refractivity contribution >= 4 is 0 Å². The van der Waals surface area contributed by atoms with Gasteiger partial charge in [-0.25, -0.2) is 0 Å². The molecule has 0 aliphatic carbocycles. The fourth-order valence-corrected chi connectivity index (χ4v) is 0.885. The van der Waals surface area contributed by atoms with Crippen molar-refractivity contribution in [1.82, 2.24) is 15.0 Å². The largest absolute Gasteiger partial charge is 0.395 e. The molecule has 0 aliphatic heterocycles. The lowest BCUT2D eigenvalue weighted by atomic mass is 10.5. The minimum absolute atomic E-state index is 0.142. The quantitative estimate of drug-likeness (QED) is 0.679. The van der Waals surface area contributed by atoms with Crippen LogP contribution in [-0.2, 0) is 6.54 Å². The Hall–Kier alpha value is -0.940. The molecule has 0 bridgehead atoms. The average molecular weight is 171 g/mol. The number of hydrogen-bond donors (Lipinski definition) is 1. The number of rotatable bonds is 4. The van der Waals surface area contributed by atoms with Gasteiger partial charge < -0.3 is 9.63 Å². The van der Waals surface area contributed by atoms with Gasteiger partial charge in [0.1, 0.15) is 0 Å². The molecular formula is C7H13N3O2. The minimum Gasteiger partial charge on any atom is -0.395 e. The van der Waals surface area contributed by atoms with E-state index < -0.39 is 0 Å². The Kier molecular flexibility index (Phi) is 3.19. The maximum absolute atomic E-state index is 8.61. The molecule has 1 aromatic heterocycles. The minimum atomic E-state index is 0.142. The Bertz CT molecular complexity index is 236. The van der Waals surface area contributed by atoms with Crippen LogP contribution in [0.3, 0.4) is 0 Å². The van der Waals surface area contributed by atoms with Gasteiger partial charge in [-0.3, -0.25) is 4.90 Å². The zero-order chi connectivity index (χ0) is 8.97. The van der Waals surface area contributed by atoms with Crippen molar-refractivity contribution < 1.29 is 9.63 Å². The lowest BCUT2D eigenvalue weighted by molar-refractivity contribution is 0.200. The van der Waals surface area contributed by atoms with Crippen molar-refractivity contribution in [2.45, 2.75) is 13.5 Å². The van der Waals surface area contributed by atoms with Crippen LogP contribution in [-0.4, -0.2) is 40.3 Å². The zero-order valence-electron chi connectivity index (χ0n) is 7.32. The smallest absolute Gasteiger partial charge is 0.240 e. The summed E-state index contributed by atoms with van der Waals surface area (Å²) in [5.74, 6) is 1.23. The van der Waals surface area contributed by atoms with Crippen molar-refractivity contribution in [3.63, 3.8) is 0 Å². The fourth-order valence-electron chi connectivity index (χ4n) is 0.885. The molecule has 0 radical (unpaired) electrons. The summed E-state index contributed by atoms with van der Waals surface area (Å²) in [6.07, 6.45) is 0. The van der Waals surface area contributed by atoms with E-state index in [1.807, 2.05) is 11.9 Å². The first-order valence-corrected chi connectivity index (χ1v) is 3.81. The highest BCUT2D eigenvalue weighted by atomic mass is 16.5. The summed E-state index contributed by atoms with van der Waals surface area (Å²) in [6.45, 7) is 3.12. The highest BCUT2D eigenvalue weighted by molar-refractivity contribution is 4.81. The van der Waals surface area contributed by atoms with Gasteiger partial charge in [-0.2, -0.15) is 4.98 Å². The summed E-state index contributed by atoms with van der Waals surface area (Å²) in [4.78, 5) is 5.94. The predicted octanol–water partition coefficient (Wildman–Crippen LogP) is -0.198. The van der Waals surface area contributed by atoms with E-state index in [1.54, 1.807) is 6.92 Å². The summed E-state index contributed by atoms with van der Waals surface area (Å²) in [5, 5.41) is 12.3. The molecule has 1 aromatic rings. The molecule has 68 valence electrons. The second kappa shape index (κ2) is 4.18. The maximum Gasteiger partial charge on any atom is 0.240 e. The van der Waals surface area contributed by atoms with E-state index in [-0.39, 0.29) is 6.61 Å². The lowest BCUT2D eigenvalue weighted by Crippen LogP contribution is -2.21. The number of aromatic nitrogens is 2. The average Bonchev–Trinajstić information content (AvgIpc) is 2.36. The molecule has 1 heterocycles. The van der Waals surface area contributed by atoms with E-state index in [2.05, 4.69) is 10.1 Å². The van der Waals surface area contributed by atoms with E-state index in [1.165, 1.54) is 0 Å². The Balaban J connectivity index is 2.41. The van der Waals surface area contributed by atoms with Crippen LogP contribution in [0.4, 0.5) is 0 Å². The monoisotopic (exact) mass is 171 g/mol. The number of aliphatic hydroxyl groups is 1. The van der Waals surface area contributed by atoms with Gasteiger partial charge in [0.2, 0.25) is 5.89 Å². The third-order valence-electron chi connectivity index (χ3n) is 1.46. The van der Waals surface area contributed by atoms with E-state index in [0.717, 1.165) is 0 Å². The zero-order valence-corrected chi connectivity index (χ0v) is 7.32. The molecule has 5 nitrogen and oxygen atoms in total. The van der Waals surface area contributed by atoms with Gasteiger partial charge in [-0.15, -0.1) is 0 Å². The van der Waals surface area contributed by atoms with Crippen LogP contribution in [0.5, 0.6) is 0 Å². The number of aryl methyl sites for hydroxylation is 1. The van der Waals surface area contributed by atoms with Gasteiger partial charge in [-0.05, 0) is 14.0 Å². The summed E-state index contributed by atoms with van der Waals surface area (Å²) >= 11 is 0. The number of nitrogens with zero attached hydrogens (tertiary/aromatic N) is 3. The van der Waals surface area contributed by atoms with Gasteiger partial charge in [0, 0.05) is 6.54 Å². The first-order valence-electron chi connectivity index (χ1n) is 3.81. The van der Waals surface area contributed by atoms with Gasteiger partial charge in [0.25, 0.3) is 0 Å². The van der Waals surface area contributed by atoms with Gasteiger partial charge in [0.05, 0.1) is 13.2 Å². The van der Waals surface area contributed by atoms with Crippen LogP contribution < -0.4 is 0 Å². The van der Waals surface area contributed by atoms with Crippen LogP contribution in [0.25, 0.3) is 0 Å². The first kappa shape index (κ1) is 9.15. The molecule has 0 aliphatic rings. The van der Waals surface area contributed by atoms with E-state index in [9.17, 15) is 0 Å². The second-order valence-corrected chi connectivity index (χ2v) is 2.70. The second-order valence-electron chi connectivity index (χ2n) is 2.70. The van der Waals surface area contributed by atoms with Crippen molar-refractivity contribution in [2.24, 2.45) is 0 Å². The highest BCUT2D eigenvalue weighted by Crippen LogP contribution is 1.98. The van der Waals surface area contributed by atoms with Crippen molar-refractivity contribution in [1.29, 1.82) is 0 Å². The Morgan fingerprint density at radius 2 is 2.33 bits per heavy atom. The number of likely N-dealkylation sites (N-methyl/N-ethyl adjacent to an activating group) is 1. The molecule has 1 N–H and O–H groups in total. The van der Waals surface area contributed by atoms with Crippen molar-refractivity contribution in [3.05, 3.63) is 11.7 Å². The van der Waals surface area contributed by atoms with Crippen molar-refractivity contribution in [2.75, 3.05) is 20.2 Å². The Morgan fingerprint density at radius 3 is 2.83 bits per heavy atom. The topological polar surface area (TPSA) is 62.4 Å². The summed E-state index contributed by atoms with van der Waals surface area (Å²) in [5.41, 5.74) is 0. The van der Waals surface area contributed by atoms with Crippen LogP contribution in [0.2, 0.25) is 0 Å². The fraction of sp³-hybridized carbons (Fsp3) is 0.714. The van der Waals surface area contributed by atoms with Crippen LogP contribution >= 0.6 is 0 Å². The number of hydrogen-bond acceptors (Lipinski definition) is 5. The molecule has 0 spiro atoms. The SMILES string of the molecule is Cc1noc(CN(C)CCO)n1. The molecule has 0 saturated heterocycles. The summed E-state index contributed by atoms with van der Waals surface area (Å²) in [7, 11) is 1.88. The molecule has 12 heavy (non-hydrogen) atoms. The number of aliphatic hydroxyl groups excluding tert-OH is 1. The van der Waals surface area contributed by atoms with E-state index in [0.29, 0.717) is 24.8 Å². The normalized spacial score (nSPS) is 11.0. The Labute approximate surface area is 71.0 Å². The van der Waals surface area contributed by atoms with Crippen LogP contribution in [0, 0.1) is 6.92 Å². The molecule has 0 amide bonds. The highest BCUT2D eigenvalue weighted by Gasteiger charge is 2.05. The molecule has 0 unspecified atom stereocenters. The Morgan fingerprint density at radius 1 is 1.58 bits per heavy atom. The summed E-state index contributed by atoms with van der Waals surface area (Å²) in [6, 6.07) is 0. The standard InChI is InChI=1S/C7H13N3O2/c1-6-8-7(12-9-6)5-10(2)3-4-11/h11H,3-5H2,1-2H3. The van der Waals surface area contributed by atoms with Crippen molar-refractivity contribution in [3.8, 4) is 0 Å². The molecule has 5 heteroatoms. The third-order valence-corrected chi connectivity index (χ3v) is 1.46. The summed E-state index contributed by atoms with van der Waals surface area (Å²) < 4.78 is 4.90.